The lowest BCUT2D eigenvalue weighted by molar-refractivity contribution is -0.137. The summed E-state index contributed by atoms with van der Waals surface area (Å²) >= 11 is 7.92. The molecule has 1 aromatic carbocycles. The second kappa shape index (κ2) is 9.40. The molecular formula is C14H14ClF3N4O2S2. The van der Waals surface area contributed by atoms with E-state index in [0.29, 0.717) is 22.6 Å². The van der Waals surface area contributed by atoms with Gasteiger partial charge in [0.1, 0.15) is 0 Å². The highest BCUT2D eigenvalue weighted by Gasteiger charge is 2.34. The van der Waals surface area contributed by atoms with Gasteiger partial charge in [-0.15, -0.1) is 10.2 Å². The Morgan fingerprint density at radius 3 is 2.85 bits per heavy atom. The first-order valence-electron chi connectivity index (χ1n) is 7.15. The van der Waals surface area contributed by atoms with Gasteiger partial charge in [0.15, 0.2) is 4.34 Å². The molecule has 2 N–H and O–H groups in total. The minimum absolute atomic E-state index is 0.0629. The number of carbonyl (C=O) groups excluding carboxylic acids is 1. The molecule has 1 amide bonds. The number of amides is 1. The van der Waals surface area contributed by atoms with Crippen LogP contribution in [-0.4, -0.2) is 42.1 Å². The highest BCUT2D eigenvalue weighted by molar-refractivity contribution is 8.01. The number of carbonyl (C=O) groups is 1. The van der Waals surface area contributed by atoms with Crippen molar-refractivity contribution in [3.05, 3.63) is 28.8 Å². The van der Waals surface area contributed by atoms with Crippen molar-refractivity contribution in [3.63, 3.8) is 0 Å². The maximum absolute atomic E-state index is 13.0. The Bertz CT molecular complexity index is 758. The first kappa shape index (κ1) is 20.7. The quantitative estimate of drug-likeness (QED) is 0.491. The van der Waals surface area contributed by atoms with Gasteiger partial charge in [0.25, 0.3) is 0 Å². The number of nitrogens with one attached hydrogen (secondary N) is 2. The molecule has 0 saturated heterocycles. The van der Waals surface area contributed by atoms with E-state index in [-0.39, 0.29) is 16.5 Å². The number of benzene rings is 1. The number of nitrogens with zero attached hydrogens (tertiary/aromatic N) is 2. The van der Waals surface area contributed by atoms with Crippen LogP contribution in [0.5, 0.6) is 0 Å². The molecule has 12 heteroatoms. The Hall–Kier alpha value is -1.56. The van der Waals surface area contributed by atoms with Crippen LogP contribution in [0.1, 0.15) is 5.56 Å². The average molecular weight is 427 g/mol. The average Bonchev–Trinajstić information content (AvgIpc) is 3.02. The van der Waals surface area contributed by atoms with Gasteiger partial charge < -0.3 is 15.4 Å². The molecule has 0 unspecified atom stereocenters. The Kier molecular flexibility index (Phi) is 7.50. The summed E-state index contributed by atoms with van der Waals surface area (Å²) in [5.74, 6) is -0.695. The van der Waals surface area contributed by atoms with Crippen molar-refractivity contribution in [2.24, 2.45) is 0 Å². The normalized spacial score (nSPS) is 11.4. The maximum Gasteiger partial charge on any atom is 0.418 e. The largest absolute Gasteiger partial charge is 0.418 e. The summed E-state index contributed by atoms with van der Waals surface area (Å²) in [6, 6.07) is 3.17. The third-order valence-electron chi connectivity index (χ3n) is 2.88. The zero-order valence-corrected chi connectivity index (χ0v) is 15.8. The molecule has 0 aliphatic rings. The fourth-order valence-corrected chi connectivity index (χ4v) is 3.52. The second-order valence-electron chi connectivity index (χ2n) is 4.82. The van der Waals surface area contributed by atoms with Crippen molar-refractivity contribution in [1.29, 1.82) is 0 Å². The van der Waals surface area contributed by atoms with Crippen molar-refractivity contribution in [3.8, 4) is 0 Å². The third-order valence-corrected chi connectivity index (χ3v) is 5.13. The van der Waals surface area contributed by atoms with Gasteiger partial charge in [-0.1, -0.05) is 34.7 Å². The van der Waals surface area contributed by atoms with Gasteiger partial charge in [-0.3, -0.25) is 4.79 Å². The number of methoxy groups -OCH3 is 1. The topological polar surface area (TPSA) is 76.1 Å². The Morgan fingerprint density at radius 2 is 2.15 bits per heavy atom. The Morgan fingerprint density at radius 1 is 1.38 bits per heavy atom. The van der Waals surface area contributed by atoms with E-state index in [1.807, 2.05) is 0 Å². The summed E-state index contributed by atoms with van der Waals surface area (Å²) in [6.45, 7) is 1.07. The molecule has 0 atom stereocenters. The molecule has 1 aromatic heterocycles. The van der Waals surface area contributed by atoms with Crippen molar-refractivity contribution < 1.29 is 22.7 Å². The maximum atomic E-state index is 13.0. The van der Waals surface area contributed by atoms with Crippen LogP contribution in [0, 0.1) is 0 Å². The number of aromatic nitrogens is 2. The number of halogens is 4. The summed E-state index contributed by atoms with van der Waals surface area (Å²) in [5, 5.41) is 13.5. The smallest absolute Gasteiger partial charge is 0.383 e. The molecule has 1 heterocycles. The highest BCUT2D eigenvalue weighted by Crippen LogP contribution is 2.36. The minimum Gasteiger partial charge on any atom is -0.383 e. The van der Waals surface area contributed by atoms with Crippen LogP contribution in [0.25, 0.3) is 0 Å². The molecule has 0 radical (unpaired) electrons. The molecule has 2 rings (SSSR count). The van der Waals surface area contributed by atoms with Crippen molar-refractivity contribution in [2.45, 2.75) is 10.5 Å². The van der Waals surface area contributed by atoms with E-state index >= 15 is 0 Å². The minimum atomic E-state index is -4.62. The fourth-order valence-electron chi connectivity index (χ4n) is 1.77. The third kappa shape index (κ3) is 6.31. The molecule has 6 nitrogen and oxygen atoms in total. The number of hydrogen-bond donors (Lipinski definition) is 2. The monoisotopic (exact) mass is 426 g/mol. The van der Waals surface area contributed by atoms with Crippen molar-refractivity contribution >= 4 is 51.4 Å². The molecule has 0 bridgehead atoms. The van der Waals surface area contributed by atoms with Crippen LogP contribution >= 0.6 is 34.7 Å². The summed E-state index contributed by atoms with van der Waals surface area (Å²) in [7, 11) is 1.58. The molecule has 142 valence electrons. The van der Waals surface area contributed by atoms with Crippen molar-refractivity contribution in [2.75, 3.05) is 36.6 Å². The van der Waals surface area contributed by atoms with Gasteiger partial charge in [0.05, 0.1) is 23.6 Å². The van der Waals surface area contributed by atoms with E-state index < -0.39 is 17.6 Å². The van der Waals surface area contributed by atoms with Crippen LogP contribution in [0.3, 0.4) is 0 Å². The summed E-state index contributed by atoms with van der Waals surface area (Å²) in [5.41, 5.74) is -1.34. The first-order valence-corrected chi connectivity index (χ1v) is 9.33. The van der Waals surface area contributed by atoms with E-state index in [0.717, 1.165) is 23.9 Å². The van der Waals surface area contributed by atoms with Gasteiger partial charge in [-0.05, 0) is 18.2 Å². The van der Waals surface area contributed by atoms with Gasteiger partial charge in [0.2, 0.25) is 11.0 Å². The van der Waals surface area contributed by atoms with E-state index in [1.54, 1.807) is 7.11 Å². The predicted octanol–water partition coefficient (Wildman–Crippen LogP) is 4.00. The first-order chi connectivity index (χ1) is 12.3. The van der Waals surface area contributed by atoms with E-state index in [4.69, 9.17) is 16.3 Å². The van der Waals surface area contributed by atoms with Crippen LogP contribution in [0.4, 0.5) is 24.0 Å². The lowest BCUT2D eigenvalue weighted by atomic mass is 10.1. The van der Waals surface area contributed by atoms with Gasteiger partial charge in [-0.2, -0.15) is 13.2 Å². The number of anilines is 2. The molecule has 2 aromatic rings. The second-order valence-corrected chi connectivity index (χ2v) is 7.45. The van der Waals surface area contributed by atoms with Gasteiger partial charge in [0, 0.05) is 18.7 Å². The molecular weight excluding hydrogens is 413 g/mol. The van der Waals surface area contributed by atoms with Gasteiger partial charge in [-0.25, -0.2) is 0 Å². The molecule has 0 spiro atoms. The van der Waals surface area contributed by atoms with E-state index in [2.05, 4.69) is 20.8 Å². The van der Waals surface area contributed by atoms with Crippen LogP contribution in [-0.2, 0) is 15.7 Å². The zero-order valence-electron chi connectivity index (χ0n) is 13.4. The molecule has 26 heavy (non-hydrogen) atoms. The molecule has 0 aliphatic heterocycles. The fraction of sp³-hybridized carbons (Fsp3) is 0.357. The zero-order chi connectivity index (χ0) is 19.2. The summed E-state index contributed by atoms with van der Waals surface area (Å²) < 4.78 is 44.5. The molecule has 0 aliphatic carbocycles. The number of alkyl halides is 3. The Labute approximate surface area is 160 Å². The number of ether oxygens (including phenoxy) is 1. The van der Waals surface area contributed by atoms with Crippen LogP contribution < -0.4 is 10.6 Å². The van der Waals surface area contributed by atoms with Crippen molar-refractivity contribution in [1.82, 2.24) is 10.2 Å². The number of hydrogen-bond acceptors (Lipinski definition) is 7. The lowest BCUT2D eigenvalue weighted by Gasteiger charge is -2.13. The lowest BCUT2D eigenvalue weighted by Crippen LogP contribution is -2.18. The SMILES string of the molecule is COCCNc1nnc(SCC(=O)Nc2ccc(Cl)cc2C(F)(F)F)s1. The summed E-state index contributed by atoms with van der Waals surface area (Å²) in [4.78, 5) is 12.0. The highest BCUT2D eigenvalue weighted by atomic mass is 35.5. The van der Waals surface area contributed by atoms with Crippen LogP contribution in [0.2, 0.25) is 5.02 Å². The predicted molar refractivity (Wildman–Crippen MR) is 96.1 cm³/mol. The Balaban J connectivity index is 1.92. The molecule has 0 saturated carbocycles. The van der Waals surface area contributed by atoms with E-state index in [1.165, 1.54) is 17.4 Å². The van der Waals surface area contributed by atoms with Gasteiger partial charge >= 0.3 is 6.18 Å². The molecule has 0 fully saturated rings. The summed E-state index contributed by atoms with van der Waals surface area (Å²) in [6.07, 6.45) is -4.62. The number of thioether (sulfide) groups is 1. The van der Waals surface area contributed by atoms with Crippen LogP contribution in [0.15, 0.2) is 22.5 Å². The standard InChI is InChI=1S/C14H14ClF3N4O2S2/c1-24-5-4-19-12-21-22-13(26-12)25-7-11(23)20-10-3-2-8(15)6-9(10)14(16,17)18/h2-3,6H,4-5,7H2,1H3,(H,19,21)(H,20,23). The van der Waals surface area contributed by atoms with E-state index in [9.17, 15) is 18.0 Å². The number of rotatable bonds is 8.